The molecule has 166 valence electrons. The van der Waals surface area contributed by atoms with Crippen molar-refractivity contribution in [3.63, 3.8) is 0 Å². The number of nitrogens with one attached hydrogen (secondary N) is 2. The molecule has 0 aliphatic heterocycles. The van der Waals surface area contributed by atoms with Gasteiger partial charge >= 0.3 is 11.9 Å². The molecule has 0 bridgehead atoms. The molecule has 31 heavy (non-hydrogen) atoms. The van der Waals surface area contributed by atoms with E-state index < -0.39 is 23.9 Å². The number of carboxylic acid groups (broad SMARTS) is 2. The van der Waals surface area contributed by atoms with Crippen molar-refractivity contribution in [3.8, 4) is 0 Å². The molecule has 1 aromatic carbocycles. The van der Waals surface area contributed by atoms with Crippen molar-refractivity contribution in [1.29, 1.82) is 0 Å². The summed E-state index contributed by atoms with van der Waals surface area (Å²) in [5.74, 6) is -1.58. The Morgan fingerprint density at radius 3 is 2.58 bits per heavy atom. The number of benzene rings is 1. The molecule has 1 saturated carbocycles. The number of carbonyl (C=O) groups is 4. The van der Waals surface area contributed by atoms with Crippen LogP contribution in [0.5, 0.6) is 0 Å². The molecule has 1 heterocycles. The molecule has 10 nitrogen and oxygen atoms in total. The highest BCUT2D eigenvalue weighted by atomic mass is 16.4. The first-order chi connectivity index (χ1) is 14.7. The Labute approximate surface area is 178 Å². The van der Waals surface area contributed by atoms with Crippen molar-refractivity contribution in [1.82, 2.24) is 20.2 Å². The number of imidazole rings is 1. The average molecular weight is 430 g/mol. The Bertz CT molecular complexity index is 1010. The average Bonchev–Trinajstić information content (AvgIpc) is 3.47. The van der Waals surface area contributed by atoms with Crippen LogP contribution in [-0.2, 0) is 27.3 Å². The first kappa shape index (κ1) is 22.3. The second-order valence-corrected chi connectivity index (χ2v) is 7.81. The molecule has 1 aliphatic rings. The smallest absolute Gasteiger partial charge is 0.325 e. The van der Waals surface area contributed by atoms with Gasteiger partial charge in [-0.05, 0) is 43.9 Å². The van der Waals surface area contributed by atoms with Gasteiger partial charge in [0.15, 0.2) is 0 Å². The van der Waals surface area contributed by atoms with E-state index in [1.807, 2.05) is 0 Å². The Balaban J connectivity index is 1.73. The van der Waals surface area contributed by atoms with Gasteiger partial charge in [-0.1, -0.05) is 0 Å². The fourth-order valence-corrected chi connectivity index (χ4v) is 3.24. The van der Waals surface area contributed by atoms with Crippen molar-refractivity contribution < 1.29 is 29.4 Å². The van der Waals surface area contributed by atoms with Crippen LogP contribution in [0.15, 0.2) is 18.2 Å². The minimum Gasteiger partial charge on any atom is -0.481 e. The van der Waals surface area contributed by atoms with E-state index in [-0.39, 0.29) is 18.7 Å². The van der Waals surface area contributed by atoms with Crippen LogP contribution < -0.4 is 10.6 Å². The van der Waals surface area contributed by atoms with Crippen LogP contribution >= 0.6 is 0 Å². The molecular weight excluding hydrogens is 404 g/mol. The van der Waals surface area contributed by atoms with Crippen LogP contribution in [0.3, 0.4) is 0 Å². The molecule has 0 radical (unpaired) electrons. The van der Waals surface area contributed by atoms with Gasteiger partial charge in [-0.3, -0.25) is 19.2 Å². The van der Waals surface area contributed by atoms with E-state index in [1.54, 1.807) is 18.2 Å². The summed E-state index contributed by atoms with van der Waals surface area (Å²) in [7, 11) is 0. The van der Waals surface area contributed by atoms with E-state index in [1.165, 1.54) is 6.92 Å². The molecule has 0 spiro atoms. The molecule has 0 saturated heterocycles. The lowest BCUT2D eigenvalue weighted by atomic mass is 10.1. The number of carboxylic acids is 2. The van der Waals surface area contributed by atoms with Gasteiger partial charge in [-0.15, -0.1) is 0 Å². The van der Waals surface area contributed by atoms with E-state index in [0.29, 0.717) is 30.0 Å². The number of aliphatic carboxylic acids is 2. The largest absolute Gasteiger partial charge is 0.481 e. The van der Waals surface area contributed by atoms with Gasteiger partial charge in [-0.25, -0.2) is 4.98 Å². The second kappa shape index (κ2) is 9.59. The zero-order valence-corrected chi connectivity index (χ0v) is 17.3. The predicted octanol–water partition coefficient (Wildman–Crippen LogP) is 1.17. The lowest BCUT2D eigenvalue weighted by molar-refractivity contribution is -0.139. The fraction of sp³-hybridized carbons (Fsp3) is 0.476. The summed E-state index contributed by atoms with van der Waals surface area (Å²) in [5, 5.41) is 22.8. The van der Waals surface area contributed by atoms with Crippen molar-refractivity contribution in [2.24, 2.45) is 5.92 Å². The van der Waals surface area contributed by atoms with Crippen molar-refractivity contribution >= 4 is 34.8 Å². The molecule has 2 aromatic rings. The normalized spacial score (nSPS) is 14.2. The van der Waals surface area contributed by atoms with Crippen LogP contribution in [0.2, 0.25) is 0 Å². The quantitative estimate of drug-likeness (QED) is 0.418. The number of amides is 2. The fourth-order valence-electron chi connectivity index (χ4n) is 3.24. The number of rotatable bonds is 11. The summed E-state index contributed by atoms with van der Waals surface area (Å²) in [6.07, 6.45) is 2.49. The summed E-state index contributed by atoms with van der Waals surface area (Å²) in [6, 6.07) is 4.09. The highest BCUT2D eigenvalue weighted by Gasteiger charge is 2.25. The van der Waals surface area contributed by atoms with Crippen molar-refractivity contribution in [2.75, 3.05) is 6.54 Å². The van der Waals surface area contributed by atoms with Gasteiger partial charge in [0.25, 0.3) is 5.91 Å². The molecule has 1 fully saturated rings. The third kappa shape index (κ3) is 6.03. The molecule has 2 amide bonds. The summed E-state index contributed by atoms with van der Waals surface area (Å²) in [5.41, 5.74) is 1.83. The second-order valence-electron chi connectivity index (χ2n) is 7.81. The van der Waals surface area contributed by atoms with E-state index in [9.17, 15) is 19.2 Å². The molecule has 10 heteroatoms. The third-order valence-electron chi connectivity index (χ3n) is 5.18. The van der Waals surface area contributed by atoms with Gasteiger partial charge in [0.2, 0.25) is 5.91 Å². The van der Waals surface area contributed by atoms with E-state index in [0.717, 1.165) is 30.7 Å². The SMILES string of the molecule is CC(NC(=O)c1ccc2c(c1)nc(CCNC(=O)CCC(=O)O)n2CC1CC1)C(=O)O. The maximum absolute atomic E-state index is 12.3. The summed E-state index contributed by atoms with van der Waals surface area (Å²) < 4.78 is 2.10. The summed E-state index contributed by atoms with van der Waals surface area (Å²) in [6.45, 7) is 2.53. The van der Waals surface area contributed by atoms with Crippen LogP contribution in [0.4, 0.5) is 0 Å². The highest BCUT2D eigenvalue weighted by Crippen LogP contribution is 2.32. The Kier molecular flexibility index (Phi) is 6.88. The first-order valence-electron chi connectivity index (χ1n) is 10.3. The molecule has 1 unspecified atom stereocenters. The number of fused-ring (bicyclic) bond motifs is 1. The topological polar surface area (TPSA) is 151 Å². The molecule has 1 aliphatic carbocycles. The van der Waals surface area contributed by atoms with E-state index >= 15 is 0 Å². The monoisotopic (exact) mass is 430 g/mol. The summed E-state index contributed by atoms with van der Waals surface area (Å²) in [4.78, 5) is 50.3. The van der Waals surface area contributed by atoms with Crippen molar-refractivity contribution in [3.05, 3.63) is 29.6 Å². The lowest BCUT2D eigenvalue weighted by Gasteiger charge is -2.10. The number of hydrogen-bond donors (Lipinski definition) is 4. The molecular formula is C21H26N4O6. The summed E-state index contributed by atoms with van der Waals surface area (Å²) >= 11 is 0. The van der Waals surface area contributed by atoms with Gasteiger partial charge in [0.05, 0.1) is 17.5 Å². The number of hydrogen-bond acceptors (Lipinski definition) is 5. The van der Waals surface area contributed by atoms with Gasteiger partial charge in [-0.2, -0.15) is 0 Å². The van der Waals surface area contributed by atoms with Crippen LogP contribution in [0.1, 0.15) is 48.8 Å². The number of aromatic nitrogens is 2. The van der Waals surface area contributed by atoms with E-state index in [4.69, 9.17) is 10.2 Å². The Morgan fingerprint density at radius 2 is 1.94 bits per heavy atom. The van der Waals surface area contributed by atoms with Gasteiger partial charge < -0.3 is 25.4 Å². The standard InChI is InChI=1S/C21H26N4O6/c1-12(21(30)31)23-20(29)14-4-5-16-15(10-14)24-17(25(16)11-13-2-3-13)8-9-22-18(26)6-7-19(27)28/h4-5,10,12-13H,2-3,6-9,11H2,1H3,(H,22,26)(H,23,29)(H,27,28)(H,30,31). The zero-order chi connectivity index (χ0) is 22.5. The Hall–Kier alpha value is -3.43. The maximum atomic E-state index is 12.3. The molecule has 1 atom stereocenters. The minimum atomic E-state index is -1.11. The predicted molar refractivity (Wildman–Crippen MR) is 111 cm³/mol. The number of nitrogens with zero attached hydrogens (tertiary/aromatic N) is 2. The van der Waals surface area contributed by atoms with Gasteiger partial charge in [0, 0.05) is 31.5 Å². The van der Waals surface area contributed by atoms with Crippen LogP contribution in [-0.4, -0.2) is 56.1 Å². The molecule has 4 N–H and O–H groups in total. The van der Waals surface area contributed by atoms with Crippen LogP contribution in [0, 0.1) is 5.92 Å². The lowest BCUT2D eigenvalue weighted by Crippen LogP contribution is -2.38. The van der Waals surface area contributed by atoms with E-state index in [2.05, 4.69) is 20.2 Å². The Morgan fingerprint density at radius 1 is 1.19 bits per heavy atom. The minimum absolute atomic E-state index is 0.0684. The van der Waals surface area contributed by atoms with Crippen LogP contribution in [0.25, 0.3) is 11.0 Å². The molecule has 1 aromatic heterocycles. The first-order valence-corrected chi connectivity index (χ1v) is 10.3. The van der Waals surface area contributed by atoms with Crippen molar-refractivity contribution in [2.45, 2.75) is 51.6 Å². The highest BCUT2D eigenvalue weighted by molar-refractivity contribution is 5.99. The number of carbonyl (C=O) groups excluding carboxylic acids is 2. The third-order valence-corrected chi connectivity index (χ3v) is 5.18. The molecule has 3 rings (SSSR count). The maximum Gasteiger partial charge on any atom is 0.325 e. The zero-order valence-electron chi connectivity index (χ0n) is 17.3. The van der Waals surface area contributed by atoms with Gasteiger partial charge in [0.1, 0.15) is 11.9 Å².